The van der Waals surface area contributed by atoms with Crippen LogP contribution in [-0.4, -0.2) is 23.6 Å². The van der Waals surface area contributed by atoms with Gasteiger partial charge < -0.3 is 15.2 Å². The number of ether oxygens (including phenoxy) is 1. The van der Waals surface area contributed by atoms with Crippen LogP contribution in [0.1, 0.15) is 118 Å². The number of hydrogen-bond acceptors (Lipinski definition) is 3. The number of aromatic carboxylic acids is 1. The number of amides is 1. The van der Waals surface area contributed by atoms with Crippen molar-refractivity contribution in [1.82, 2.24) is 0 Å². The number of hydrogen-bond donors (Lipinski definition) is 2. The van der Waals surface area contributed by atoms with Gasteiger partial charge >= 0.3 is 5.97 Å². The van der Waals surface area contributed by atoms with Crippen LogP contribution < -0.4 is 10.1 Å². The van der Waals surface area contributed by atoms with Crippen molar-refractivity contribution in [2.45, 2.75) is 96.8 Å². The third kappa shape index (κ3) is 11.4. The van der Waals surface area contributed by atoms with E-state index in [9.17, 15) is 14.7 Å². The molecule has 0 aliphatic heterocycles. The molecule has 0 aliphatic carbocycles. The van der Waals surface area contributed by atoms with E-state index >= 15 is 0 Å². The zero-order chi connectivity index (χ0) is 28.6. The molecule has 5 nitrogen and oxygen atoms in total. The fourth-order valence-electron chi connectivity index (χ4n) is 4.36. The standard InChI is InChI=1S/C30H39Cl4NO4/c1-2-3-4-5-6-7-8-9-10-11-12-13-14-15-20-39-22-18-16-21(17-19-22)35-29(36)23-24(30(37)38)26(32)28(34)27(33)25(23)31/h16-19H,2-15,20H2,1H3,(H,35,36)(H,37,38). The van der Waals surface area contributed by atoms with E-state index in [1.54, 1.807) is 24.3 Å². The number of carboxylic acid groups (broad SMARTS) is 1. The average molecular weight is 619 g/mol. The number of carboxylic acids is 1. The molecule has 2 N–H and O–H groups in total. The van der Waals surface area contributed by atoms with Crippen molar-refractivity contribution in [3.63, 3.8) is 0 Å². The van der Waals surface area contributed by atoms with Crippen molar-refractivity contribution in [3.05, 3.63) is 55.5 Å². The summed E-state index contributed by atoms with van der Waals surface area (Å²) in [7, 11) is 0. The summed E-state index contributed by atoms with van der Waals surface area (Å²) < 4.78 is 5.81. The van der Waals surface area contributed by atoms with Gasteiger partial charge in [-0.1, -0.05) is 137 Å². The monoisotopic (exact) mass is 617 g/mol. The maximum atomic E-state index is 12.8. The molecule has 0 saturated heterocycles. The highest BCUT2D eigenvalue weighted by Gasteiger charge is 2.28. The fraction of sp³-hybridized carbons (Fsp3) is 0.533. The lowest BCUT2D eigenvalue weighted by Gasteiger charge is -2.14. The number of nitrogens with one attached hydrogen (secondary N) is 1. The van der Waals surface area contributed by atoms with Crippen LogP contribution in [0.3, 0.4) is 0 Å². The van der Waals surface area contributed by atoms with Crippen molar-refractivity contribution < 1.29 is 19.4 Å². The zero-order valence-electron chi connectivity index (χ0n) is 22.6. The van der Waals surface area contributed by atoms with Crippen molar-refractivity contribution in [2.75, 3.05) is 11.9 Å². The molecule has 0 fully saturated rings. The predicted molar refractivity (Wildman–Crippen MR) is 164 cm³/mol. The molecule has 2 rings (SSSR count). The van der Waals surface area contributed by atoms with Gasteiger partial charge in [0, 0.05) is 5.69 Å². The topological polar surface area (TPSA) is 75.6 Å². The van der Waals surface area contributed by atoms with E-state index in [1.165, 1.54) is 77.0 Å². The Kier molecular flexibility index (Phi) is 16.0. The molecule has 0 spiro atoms. The number of carbonyl (C=O) groups excluding carboxylic acids is 1. The largest absolute Gasteiger partial charge is 0.494 e. The second-order valence-corrected chi connectivity index (χ2v) is 11.2. The predicted octanol–water partition coefficient (Wildman–Crippen LogP) is 11.1. The summed E-state index contributed by atoms with van der Waals surface area (Å²) in [6.07, 6.45) is 18.3. The lowest BCUT2D eigenvalue weighted by Crippen LogP contribution is -2.18. The van der Waals surface area contributed by atoms with Crippen molar-refractivity contribution in [1.29, 1.82) is 0 Å². The minimum Gasteiger partial charge on any atom is -0.494 e. The Bertz CT molecular complexity index is 1060. The second kappa shape index (κ2) is 18.6. The molecule has 39 heavy (non-hydrogen) atoms. The quantitative estimate of drug-likeness (QED) is 0.0932. The average Bonchev–Trinajstić information content (AvgIpc) is 2.92. The summed E-state index contributed by atoms with van der Waals surface area (Å²) in [5.74, 6) is -1.53. The molecule has 0 saturated carbocycles. The molecule has 1 amide bonds. The highest BCUT2D eigenvalue weighted by Crippen LogP contribution is 2.41. The van der Waals surface area contributed by atoms with Gasteiger partial charge in [0.05, 0.1) is 37.8 Å². The maximum Gasteiger partial charge on any atom is 0.338 e. The SMILES string of the molecule is CCCCCCCCCCCCCCCCOc1ccc(NC(=O)c2c(Cl)c(Cl)c(Cl)c(Cl)c2C(=O)O)cc1. The summed E-state index contributed by atoms with van der Waals surface area (Å²) in [6.45, 7) is 2.89. The molecule has 9 heteroatoms. The van der Waals surface area contributed by atoms with E-state index in [0.717, 1.165) is 12.8 Å². The van der Waals surface area contributed by atoms with E-state index < -0.39 is 17.4 Å². The highest BCUT2D eigenvalue weighted by molar-refractivity contribution is 6.54. The Morgan fingerprint density at radius 2 is 1.10 bits per heavy atom. The highest BCUT2D eigenvalue weighted by atomic mass is 35.5. The van der Waals surface area contributed by atoms with E-state index in [-0.39, 0.29) is 25.7 Å². The van der Waals surface area contributed by atoms with Gasteiger partial charge in [0.15, 0.2) is 0 Å². The van der Waals surface area contributed by atoms with Crippen LogP contribution in [-0.2, 0) is 0 Å². The molecule has 216 valence electrons. The van der Waals surface area contributed by atoms with Gasteiger partial charge in [-0.15, -0.1) is 0 Å². The van der Waals surface area contributed by atoms with Crippen LogP contribution in [0.15, 0.2) is 24.3 Å². The van der Waals surface area contributed by atoms with Crippen molar-refractivity contribution >= 4 is 64.0 Å². The lowest BCUT2D eigenvalue weighted by molar-refractivity contribution is 0.0692. The molecule has 0 aliphatic rings. The Labute approximate surface area is 252 Å². The van der Waals surface area contributed by atoms with Crippen molar-refractivity contribution in [2.24, 2.45) is 0 Å². The summed E-state index contributed by atoms with van der Waals surface area (Å²) >= 11 is 24.1. The van der Waals surface area contributed by atoms with Gasteiger partial charge in [-0.05, 0) is 30.7 Å². The Hall–Kier alpha value is -1.66. The smallest absolute Gasteiger partial charge is 0.338 e. The third-order valence-electron chi connectivity index (χ3n) is 6.59. The van der Waals surface area contributed by atoms with Crippen LogP contribution in [0.2, 0.25) is 20.1 Å². The van der Waals surface area contributed by atoms with E-state index in [2.05, 4.69) is 12.2 Å². The molecule has 0 bridgehead atoms. The maximum absolute atomic E-state index is 12.8. The first kappa shape index (κ1) is 33.5. The molecular formula is C30H39Cl4NO4. The Morgan fingerprint density at radius 3 is 1.56 bits per heavy atom. The van der Waals surface area contributed by atoms with Gasteiger partial charge in [-0.3, -0.25) is 4.79 Å². The van der Waals surface area contributed by atoms with Crippen LogP contribution in [0.5, 0.6) is 5.75 Å². The normalized spacial score (nSPS) is 11.0. The number of benzene rings is 2. The van der Waals surface area contributed by atoms with Crippen LogP contribution in [0, 0.1) is 0 Å². The van der Waals surface area contributed by atoms with Crippen LogP contribution in [0.4, 0.5) is 5.69 Å². The minimum atomic E-state index is -1.45. The number of carbonyl (C=O) groups is 2. The molecule has 2 aromatic carbocycles. The van der Waals surface area contributed by atoms with Gasteiger partial charge in [0.1, 0.15) is 5.75 Å². The van der Waals surface area contributed by atoms with Gasteiger partial charge in [0.25, 0.3) is 5.91 Å². The number of rotatable bonds is 19. The van der Waals surface area contributed by atoms with Crippen LogP contribution >= 0.6 is 46.4 Å². The second-order valence-electron chi connectivity index (χ2n) is 9.73. The number of halogens is 4. The number of anilines is 1. The zero-order valence-corrected chi connectivity index (χ0v) is 25.6. The summed E-state index contributed by atoms with van der Waals surface area (Å²) in [5, 5.41) is 11.1. The summed E-state index contributed by atoms with van der Waals surface area (Å²) in [5.41, 5.74) is -0.443. The number of unbranched alkanes of at least 4 members (excludes halogenated alkanes) is 13. The lowest BCUT2D eigenvalue weighted by atomic mass is 10.0. The Balaban J connectivity index is 1.66. The van der Waals surface area contributed by atoms with Gasteiger partial charge in [0.2, 0.25) is 0 Å². The van der Waals surface area contributed by atoms with Crippen LogP contribution in [0.25, 0.3) is 0 Å². The first-order valence-electron chi connectivity index (χ1n) is 13.9. The molecule has 0 unspecified atom stereocenters. The molecule has 0 heterocycles. The van der Waals surface area contributed by atoms with Gasteiger partial charge in [-0.2, -0.15) is 0 Å². The minimum absolute atomic E-state index is 0.189. The first-order chi connectivity index (χ1) is 18.8. The molecule has 0 aromatic heterocycles. The molecule has 0 radical (unpaired) electrons. The van der Waals surface area contributed by atoms with Crippen molar-refractivity contribution in [3.8, 4) is 5.75 Å². The first-order valence-corrected chi connectivity index (χ1v) is 15.4. The van der Waals surface area contributed by atoms with E-state index in [4.69, 9.17) is 51.1 Å². The molecule has 2 aromatic rings. The third-order valence-corrected chi connectivity index (χ3v) is 8.39. The van der Waals surface area contributed by atoms with Gasteiger partial charge in [-0.25, -0.2) is 4.79 Å². The summed E-state index contributed by atoms with van der Waals surface area (Å²) in [4.78, 5) is 24.5. The molecular weight excluding hydrogens is 580 g/mol. The van der Waals surface area contributed by atoms with E-state index in [0.29, 0.717) is 18.0 Å². The summed E-state index contributed by atoms with van der Waals surface area (Å²) in [6, 6.07) is 6.79. The molecule has 0 atom stereocenters. The Morgan fingerprint density at radius 1 is 0.667 bits per heavy atom. The fourth-order valence-corrected chi connectivity index (χ4v) is 5.38. The van der Waals surface area contributed by atoms with E-state index in [1.807, 2.05) is 0 Å².